The largest absolute Gasteiger partial charge is 0.336 e. The molecule has 2 rings (SSSR count). The van der Waals surface area contributed by atoms with Crippen molar-refractivity contribution in [2.45, 2.75) is 33.0 Å². The van der Waals surface area contributed by atoms with Gasteiger partial charge in [-0.2, -0.15) is 0 Å². The third-order valence-corrected chi connectivity index (χ3v) is 3.85. The quantitative estimate of drug-likeness (QED) is 0.801. The molecule has 98 valence electrons. The van der Waals surface area contributed by atoms with Gasteiger partial charge >= 0.3 is 0 Å². The van der Waals surface area contributed by atoms with Gasteiger partial charge in [-0.25, -0.2) is 4.98 Å². The van der Waals surface area contributed by atoms with Gasteiger partial charge in [0.1, 0.15) is 0 Å². The highest BCUT2D eigenvalue weighted by Gasteiger charge is 2.03. The molecule has 0 spiro atoms. The van der Waals surface area contributed by atoms with Crippen LogP contribution in [0.4, 0.5) is 0 Å². The van der Waals surface area contributed by atoms with Gasteiger partial charge in [0.05, 0.1) is 12.0 Å². The van der Waals surface area contributed by atoms with Crippen LogP contribution in [0.1, 0.15) is 23.1 Å². The van der Waals surface area contributed by atoms with Gasteiger partial charge in [-0.15, -0.1) is 11.3 Å². The molecule has 2 aromatic heterocycles. The van der Waals surface area contributed by atoms with Crippen LogP contribution in [0.15, 0.2) is 24.0 Å². The molecule has 0 atom stereocenters. The monoisotopic (exact) mass is 264 g/mol. The van der Waals surface area contributed by atoms with Gasteiger partial charge in [-0.05, 0) is 23.4 Å². The third-order valence-electron chi connectivity index (χ3n) is 2.88. The Morgan fingerprint density at radius 3 is 3.11 bits per heavy atom. The summed E-state index contributed by atoms with van der Waals surface area (Å²) in [6.45, 7) is 5.40. The van der Waals surface area contributed by atoms with Crippen molar-refractivity contribution in [1.29, 1.82) is 0 Å². The minimum atomic E-state index is 0.651. The van der Waals surface area contributed by atoms with Crippen molar-refractivity contribution in [2.75, 3.05) is 6.54 Å². The molecule has 4 nitrogen and oxygen atoms in total. The van der Waals surface area contributed by atoms with E-state index in [0.717, 1.165) is 31.7 Å². The molecule has 2 heterocycles. The molecule has 0 aromatic carbocycles. The Bertz CT molecular complexity index is 475. The standard InChI is InChI=1S/C13H20N4S/c1-2-11-3-6-18-13(11)8-15-7-12-9-17(5-4-14)10-16-12/h3,6,9-10,15H,2,4-5,7-8,14H2,1H3. The number of hydrogen-bond donors (Lipinski definition) is 2. The summed E-state index contributed by atoms with van der Waals surface area (Å²) in [6.07, 6.45) is 4.99. The second kappa shape index (κ2) is 6.68. The number of thiophene rings is 1. The van der Waals surface area contributed by atoms with E-state index in [1.165, 1.54) is 10.4 Å². The normalized spacial score (nSPS) is 11.0. The Balaban J connectivity index is 1.81. The van der Waals surface area contributed by atoms with Crippen molar-refractivity contribution in [1.82, 2.24) is 14.9 Å². The molecule has 5 heteroatoms. The van der Waals surface area contributed by atoms with Gasteiger partial charge in [0.15, 0.2) is 0 Å². The van der Waals surface area contributed by atoms with Crippen LogP contribution in [0.25, 0.3) is 0 Å². The lowest BCUT2D eigenvalue weighted by Gasteiger charge is -2.03. The van der Waals surface area contributed by atoms with Crippen LogP contribution in [-0.4, -0.2) is 16.1 Å². The number of hydrogen-bond acceptors (Lipinski definition) is 4. The van der Waals surface area contributed by atoms with Crippen molar-refractivity contribution < 1.29 is 0 Å². The minimum Gasteiger partial charge on any atom is -0.336 e. The van der Waals surface area contributed by atoms with E-state index >= 15 is 0 Å². The zero-order chi connectivity index (χ0) is 12.8. The Kier molecular flexibility index (Phi) is 4.92. The number of rotatable bonds is 7. The summed E-state index contributed by atoms with van der Waals surface area (Å²) in [5.41, 5.74) is 8.02. The maximum Gasteiger partial charge on any atom is 0.0950 e. The first-order valence-electron chi connectivity index (χ1n) is 6.30. The molecule has 18 heavy (non-hydrogen) atoms. The molecule has 3 N–H and O–H groups in total. The van der Waals surface area contributed by atoms with E-state index in [-0.39, 0.29) is 0 Å². The van der Waals surface area contributed by atoms with Crippen molar-refractivity contribution in [3.05, 3.63) is 40.1 Å². The van der Waals surface area contributed by atoms with E-state index in [9.17, 15) is 0 Å². The van der Waals surface area contributed by atoms with Crippen LogP contribution in [0, 0.1) is 0 Å². The maximum atomic E-state index is 5.50. The lowest BCUT2D eigenvalue weighted by Crippen LogP contribution is -2.13. The van der Waals surface area contributed by atoms with E-state index in [1.807, 2.05) is 22.2 Å². The molecule has 0 aliphatic carbocycles. The SMILES string of the molecule is CCc1ccsc1CNCc1cn(CCN)cn1. The minimum absolute atomic E-state index is 0.651. The number of nitrogens with zero attached hydrogens (tertiary/aromatic N) is 2. The van der Waals surface area contributed by atoms with E-state index < -0.39 is 0 Å². The molecule has 0 radical (unpaired) electrons. The zero-order valence-corrected chi connectivity index (χ0v) is 11.5. The second-order valence-electron chi connectivity index (χ2n) is 4.22. The summed E-state index contributed by atoms with van der Waals surface area (Å²) in [4.78, 5) is 5.77. The molecule has 0 unspecified atom stereocenters. The molecule has 0 aliphatic rings. The molecule has 0 aliphatic heterocycles. The lowest BCUT2D eigenvalue weighted by atomic mass is 10.2. The van der Waals surface area contributed by atoms with Crippen molar-refractivity contribution in [3.63, 3.8) is 0 Å². The fraction of sp³-hybridized carbons (Fsp3) is 0.462. The van der Waals surface area contributed by atoms with Crippen molar-refractivity contribution in [2.24, 2.45) is 5.73 Å². The van der Waals surface area contributed by atoms with E-state index in [4.69, 9.17) is 5.73 Å². The average Bonchev–Trinajstić information content (AvgIpc) is 2.99. The first kappa shape index (κ1) is 13.3. The molecular weight excluding hydrogens is 244 g/mol. The molecule has 0 fully saturated rings. The second-order valence-corrected chi connectivity index (χ2v) is 5.22. The lowest BCUT2D eigenvalue weighted by molar-refractivity contribution is 0.680. The highest BCUT2D eigenvalue weighted by atomic mass is 32.1. The van der Waals surface area contributed by atoms with Gasteiger partial charge in [0.2, 0.25) is 0 Å². The molecule has 0 amide bonds. The number of imidazole rings is 1. The molecule has 0 saturated carbocycles. The Morgan fingerprint density at radius 2 is 2.33 bits per heavy atom. The van der Waals surface area contributed by atoms with Gasteiger partial charge in [0.25, 0.3) is 0 Å². The van der Waals surface area contributed by atoms with Crippen LogP contribution in [0.2, 0.25) is 0 Å². The van der Waals surface area contributed by atoms with Crippen molar-refractivity contribution >= 4 is 11.3 Å². The van der Waals surface area contributed by atoms with Gasteiger partial charge < -0.3 is 15.6 Å². The fourth-order valence-electron chi connectivity index (χ4n) is 1.91. The van der Waals surface area contributed by atoms with Crippen LogP contribution in [0.5, 0.6) is 0 Å². The molecular formula is C13H20N4S. The number of nitrogens with two attached hydrogens (primary N) is 1. The van der Waals surface area contributed by atoms with Gasteiger partial charge in [-0.1, -0.05) is 6.92 Å². The smallest absolute Gasteiger partial charge is 0.0950 e. The van der Waals surface area contributed by atoms with E-state index in [2.05, 4.69) is 34.9 Å². The predicted octanol–water partition coefficient (Wildman–Crippen LogP) is 1.76. The number of aryl methyl sites for hydroxylation is 1. The third kappa shape index (κ3) is 3.41. The highest BCUT2D eigenvalue weighted by molar-refractivity contribution is 7.10. The first-order valence-corrected chi connectivity index (χ1v) is 7.18. The Labute approximate surface area is 112 Å². The first-order chi connectivity index (χ1) is 8.83. The zero-order valence-electron chi connectivity index (χ0n) is 10.7. The number of nitrogens with one attached hydrogen (secondary N) is 1. The Morgan fingerprint density at radius 1 is 1.44 bits per heavy atom. The Hall–Kier alpha value is -1.17. The summed E-state index contributed by atoms with van der Waals surface area (Å²) in [5, 5.41) is 5.60. The van der Waals surface area contributed by atoms with Crippen LogP contribution >= 0.6 is 11.3 Å². The molecule has 0 saturated heterocycles. The highest BCUT2D eigenvalue weighted by Crippen LogP contribution is 2.16. The van der Waals surface area contributed by atoms with Gasteiger partial charge in [0, 0.05) is 37.3 Å². The summed E-state index contributed by atoms with van der Waals surface area (Å²) in [6, 6.07) is 2.21. The van der Waals surface area contributed by atoms with Crippen LogP contribution in [-0.2, 0) is 26.1 Å². The predicted molar refractivity (Wildman–Crippen MR) is 75.5 cm³/mol. The van der Waals surface area contributed by atoms with Gasteiger partial charge in [-0.3, -0.25) is 0 Å². The topological polar surface area (TPSA) is 55.9 Å². The van der Waals surface area contributed by atoms with Crippen LogP contribution in [0.3, 0.4) is 0 Å². The average molecular weight is 264 g/mol. The van der Waals surface area contributed by atoms with E-state index in [0.29, 0.717) is 6.54 Å². The van der Waals surface area contributed by atoms with Crippen molar-refractivity contribution in [3.8, 4) is 0 Å². The number of aromatic nitrogens is 2. The summed E-state index contributed by atoms with van der Waals surface area (Å²) >= 11 is 1.82. The molecule has 2 aromatic rings. The summed E-state index contributed by atoms with van der Waals surface area (Å²) in [7, 11) is 0. The maximum absolute atomic E-state index is 5.50. The summed E-state index contributed by atoms with van der Waals surface area (Å²) in [5.74, 6) is 0. The molecule has 0 bridgehead atoms. The van der Waals surface area contributed by atoms with Crippen LogP contribution < -0.4 is 11.1 Å². The summed E-state index contributed by atoms with van der Waals surface area (Å²) < 4.78 is 2.03. The fourth-order valence-corrected chi connectivity index (χ4v) is 2.86. The van der Waals surface area contributed by atoms with E-state index in [1.54, 1.807) is 0 Å².